The molecule has 0 amide bonds. The first kappa shape index (κ1) is 20.1. The highest BCUT2D eigenvalue weighted by atomic mass is 127. The second kappa shape index (κ2) is 10.8. The first-order valence-electron chi connectivity index (χ1n) is 8.07. The molecular formula is C15H28IN5O2. The molecule has 1 aromatic rings. The summed E-state index contributed by atoms with van der Waals surface area (Å²) in [5.74, 6) is 2.59. The van der Waals surface area contributed by atoms with Crippen molar-refractivity contribution < 1.29 is 9.26 Å². The topological polar surface area (TPSA) is 84.6 Å². The molecule has 23 heavy (non-hydrogen) atoms. The molecule has 0 aromatic carbocycles. The summed E-state index contributed by atoms with van der Waals surface area (Å²) in [6.07, 6.45) is 4.28. The molecule has 0 spiro atoms. The molecule has 0 aliphatic carbocycles. The van der Waals surface area contributed by atoms with Crippen LogP contribution in [-0.4, -0.2) is 48.9 Å². The third kappa shape index (κ3) is 7.03. The highest BCUT2D eigenvalue weighted by molar-refractivity contribution is 14.0. The van der Waals surface area contributed by atoms with Gasteiger partial charge in [-0.15, -0.1) is 24.0 Å². The molecule has 7 nitrogen and oxygen atoms in total. The number of guanidine groups is 1. The Hall–Kier alpha value is -0.900. The Morgan fingerprint density at radius 2 is 2.22 bits per heavy atom. The van der Waals surface area contributed by atoms with Gasteiger partial charge in [0.05, 0.1) is 6.10 Å². The van der Waals surface area contributed by atoms with Crippen LogP contribution in [0.15, 0.2) is 9.52 Å². The Morgan fingerprint density at radius 1 is 1.39 bits per heavy atom. The number of hydrogen-bond donors (Lipinski definition) is 2. The molecule has 1 atom stereocenters. The number of halogens is 1. The van der Waals surface area contributed by atoms with Crippen molar-refractivity contribution in [1.29, 1.82) is 0 Å². The van der Waals surface area contributed by atoms with E-state index in [1.54, 1.807) is 7.05 Å². The smallest absolute Gasteiger partial charge is 0.226 e. The number of nitrogens with zero attached hydrogens (tertiary/aromatic N) is 3. The van der Waals surface area contributed by atoms with E-state index in [4.69, 9.17) is 9.26 Å². The zero-order valence-electron chi connectivity index (χ0n) is 14.2. The van der Waals surface area contributed by atoms with Crippen molar-refractivity contribution in [3.8, 4) is 0 Å². The van der Waals surface area contributed by atoms with Gasteiger partial charge in [0, 0.05) is 39.1 Å². The van der Waals surface area contributed by atoms with Gasteiger partial charge in [-0.1, -0.05) is 19.0 Å². The lowest BCUT2D eigenvalue weighted by atomic mass is 10.2. The number of aromatic nitrogens is 2. The molecule has 1 aromatic heterocycles. The van der Waals surface area contributed by atoms with Crippen molar-refractivity contribution in [2.24, 2.45) is 4.99 Å². The van der Waals surface area contributed by atoms with E-state index in [0.29, 0.717) is 17.9 Å². The quantitative estimate of drug-likeness (QED) is 0.294. The van der Waals surface area contributed by atoms with Gasteiger partial charge in [0.2, 0.25) is 5.89 Å². The second-order valence-corrected chi connectivity index (χ2v) is 5.82. The Kier molecular flexibility index (Phi) is 9.46. The number of hydrogen-bond acceptors (Lipinski definition) is 5. The molecule has 1 fully saturated rings. The lowest BCUT2D eigenvalue weighted by molar-refractivity contribution is 0.114. The zero-order valence-corrected chi connectivity index (χ0v) is 16.5. The van der Waals surface area contributed by atoms with Gasteiger partial charge in [0.1, 0.15) is 0 Å². The van der Waals surface area contributed by atoms with Crippen molar-refractivity contribution in [3.05, 3.63) is 11.7 Å². The van der Waals surface area contributed by atoms with E-state index in [1.807, 2.05) is 0 Å². The van der Waals surface area contributed by atoms with Gasteiger partial charge in [-0.25, -0.2) is 0 Å². The number of aryl methyl sites for hydroxylation is 1. The van der Waals surface area contributed by atoms with Gasteiger partial charge in [0.25, 0.3) is 0 Å². The second-order valence-electron chi connectivity index (χ2n) is 5.82. The molecule has 1 saturated heterocycles. The van der Waals surface area contributed by atoms with Crippen LogP contribution in [0.5, 0.6) is 0 Å². The molecule has 2 N–H and O–H groups in total. The SMILES string of the molecule is CN=C(NCCCc1nc(C(C)C)no1)NCC1CCCO1.I. The van der Waals surface area contributed by atoms with Gasteiger partial charge in [-0.3, -0.25) is 4.99 Å². The predicted molar refractivity (Wildman–Crippen MR) is 100 cm³/mol. The van der Waals surface area contributed by atoms with E-state index >= 15 is 0 Å². The van der Waals surface area contributed by atoms with Crippen molar-refractivity contribution in [1.82, 2.24) is 20.8 Å². The summed E-state index contributed by atoms with van der Waals surface area (Å²) in [6, 6.07) is 0. The number of nitrogens with one attached hydrogen (secondary N) is 2. The fraction of sp³-hybridized carbons (Fsp3) is 0.800. The fourth-order valence-electron chi connectivity index (χ4n) is 2.29. The number of aliphatic imine (C=N–C) groups is 1. The Morgan fingerprint density at radius 3 is 2.83 bits per heavy atom. The number of ether oxygens (including phenoxy) is 1. The first-order valence-corrected chi connectivity index (χ1v) is 8.07. The van der Waals surface area contributed by atoms with Crippen LogP contribution in [-0.2, 0) is 11.2 Å². The lowest BCUT2D eigenvalue weighted by Gasteiger charge is -2.14. The minimum atomic E-state index is 0. The van der Waals surface area contributed by atoms with E-state index in [2.05, 4.69) is 39.6 Å². The maximum Gasteiger partial charge on any atom is 0.226 e. The molecular weight excluding hydrogens is 409 g/mol. The maximum absolute atomic E-state index is 5.58. The predicted octanol–water partition coefficient (Wildman–Crippen LogP) is 2.09. The lowest BCUT2D eigenvalue weighted by Crippen LogP contribution is -2.41. The van der Waals surface area contributed by atoms with Crippen LogP contribution < -0.4 is 10.6 Å². The van der Waals surface area contributed by atoms with E-state index in [0.717, 1.165) is 57.2 Å². The van der Waals surface area contributed by atoms with Crippen molar-refractivity contribution in [2.75, 3.05) is 26.7 Å². The normalized spacial score (nSPS) is 18.1. The maximum atomic E-state index is 5.58. The average molecular weight is 437 g/mol. The average Bonchev–Trinajstić information content (AvgIpc) is 3.18. The fourth-order valence-corrected chi connectivity index (χ4v) is 2.29. The van der Waals surface area contributed by atoms with Crippen LogP contribution >= 0.6 is 24.0 Å². The van der Waals surface area contributed by atoms with Gasteiger partial charge in [-0.2, -0.15) is 4.98 Å². The third-order valence-electron chi connectivity index (χ3n) is 3.60. The van der Waals surface area contributed by atoms with Gasteiger partial charge >= 0.3 is 0 Å². The molecule has 8 heteroatoms. The summed E-state index contributed by atoms with van der Waals surface area (Å²) in [4.78, 5) is 8.58. The Balaban J connectivity index is 0.00000264. The Labute approximate surface area is 155 Å². The highest BCUT2D eigenvalue weighted by Crippen LogP contribution is 2.11. The number of rotatable bonds is 7. The molecule has 132 valence electrons. The summed E-state index contributed by atoms with van der Waals surface area (Å²) >= 11 is 0. The van der Waals surface area contributed by atoms with Crippen molar-refractivity contribution in [3.63, 3.8) is 0 Å². The van der Waals surface area contributed by atoms with E-state index < -0.39 is 0 Å². The molecule has 1 aliphatic rings. The molecule has 0 bridgehead atoms. The molecule has 1 aliphatic heterocycles. The minimum absolute atomic E-state index is 0. The minimum Gasteiger partial charge on any atom is -0.376 e. The van der Waals surface area contributed by atoms with Crippen LogP contribution in [0.2, 0.25) is 0 Å². The highest BCUT2D eigenvalue weighted by Gasteiger charge is 2.15. The van der Waals surface area contributed by atoms with Gasteiger partial charge in [0.15, 0.2) is 11.8 Å². The summed E-state index contributed by atoms with van der Waals surface area (Å²) in [7, 11) is 1.78. The summed E-state index contributed by atoms with van der Waals surface area (Å²) in [5.41, 5.74) is 0. The van der Waals surface area contributed by atoms with E-state index in [-0.39, 0.29) is 24.0 Å². The summed E-state index contributed by atoms with van der Waals surface area (Å²) in [6.45, 7) is 6.60. The van der Waals surface area contributed by atoms with Gasteiger partial charge in [-0.05, 0) is 19.3 Å². The van der Waals surface area contributed by atoms with Crippen LogP contribution in [0.1, 0.15) is 50.7 Å². The van der Waals surface area contributed by atoms with Crippen molar-refractivity contribution in [2.45, 2.75) is 51.6 Å². The van der Waals surface area contributed by atoms with Crippen LogP contribution in [0.3, 0.4) is 0 Å². The van der Waals surface area contributed by atoms with Gasteiger partial charge < -0.3 is 19.9 Å². The zero-order chi connectivity index (χ0) is 15.8. The first-order chi connectivity index (χ1) is 10.7. The molecule has 0 radical (unpaired) electrons. The largest absolute Gasteiger partial charge is 0.376 e. The van der Waals surface area contributed by atoms with Crippen LogP contribution in [0.4, 0.5) is 0 Å². The van der Waals surface area contributed by atoms with Crippen LogP contribution in [0.25, 0.3) is 0 Å². The third-order valence-corrected chi connectivity index (χ3v) is 3.60. The van der Waals surface area contributed by atoms with E-state index in [9.17, 15) is 0 Å². The molecule has 2 rings (SSSR count). The molecule has 1 unspecified atom stereocenters. The standard InChI is InChI=1S/C15H27N5O2.HI/c1-11(2)14-19-13(22-20-14)7-4-8-17-15(16-3)18-10-12-6-5-9-21-12;/h11-12H,4-10H2,1-3H3,(H2,16,17,18);1H. The molecule has 2 heterocycles. The molecule has 0 saturated carbocycles. The Bertz CT molecular complexity index is 472. The summed E-state index contributed by atoms with van der Waals surface area (Å²) < 4.78 is 10.8. The monoisotopic (exact) mass is 437 g/mol. The van der Waals surface area contributed by atoms with Crippen LogP contribution in [0, 0.1) is 0 Å². The van der Waals surface area contributed by atoms with Crippen molar-refractivity contribution >= 4 is 29.9 Å². The van der Waals surface area contributed by atoms with E-state index in [1.165, 1.54) is 0 Å². The summed E-state index contributed by atoms with van der Waals surface area (Å²) in [5, 5.41) is 10.5.